The summed E-state index contributed by atoms with van der Waals surface area (Å²) in [5, 5.41) is 8.00. The second-order valence-electron chi connectivity index (χ2n) is 5.13. The molecule has 3 heteroatoms. The highest BCUT2D eigenvalue weighted by Crippen LogP contribution is 2.19. The maximum atomic E-state index is 4.45. The van der Waals surface area contributed by atoms with Crippen molar-refractivity contribution >= 4 is 0 Å². The number of aromatic nitrogens is 2. The normalized spacial score (nSPS) is 12.6. The summed E-state index contributed by atoms with van der Waals surface area (Å²) in [6, 6.07) is 11.3. The van der Waals surface area contributed by atoms with E-state index in [2.05, 4.69) is 54.6 Å². The van der Waals surface area contributed by atoms with Crippen LogP contribution in [0.1, 0.15) is 35.5 Å². The van der Waals surface area contributed by atoms with Crippen molar-refractivity contribution in [2.45, 2.75) is 33.2 Å². The Morgan fingerprint density at radius 2 is 1.89 bits per heavy atom. The standard InChI is InChI=1S/C16H23N3/c1-5-17-15(16-10-13(3)18-19(16)4)11-14-8-6-12(2)7-9-14/h6-10,15,17H,5,11H2,1-4H3. The molecule has 0 aliphatic carbocycles. The molecule has 2 aromatic rings. The summed E-state index contributed by atoms with van der Waals surface area (Å²) in [5.74, 6) is 0. The molecule has 1 heterocycles. The Morgan fingerprint density at radius 1 is 1.21 bits per heavy atom. The molecule has 1 unspecified atom stereocenters. The van der Waals surface area contributed by atoms with E-state index < -0.39 is 0 Å². The fraction of sp³-hybridized carbons (Fsp3) is 0.438. The number of aryl methyl sites for hydroxylation is 3. The van der Waals surface area contributed by atoms with Crippen LogP contribution in [-0.4, -0.2) is 16.3 Å². The summed E-state index contributed by atoms with van der Waals surface area (Å²) in [4.78, 5) is 0. The maximum Gasteiger partial charge on any atom is 0.0597 e. The van der Waals surface area contributed by atoms with E-state index in [1.54, 1.807) is 0 Å². The number of hydrogen-bond acceptors (Lipinski definition) is 2. The largest absolute Gasteiger partial charge is 0.309 e. The summed E-state index contributed by atoms with van der Waals surface area (Å²) < 4.78 is 1.98. The zero-order valence-electron chi connectivity index (χ0n) is 12.3. The van der Waals surface area contributed by atoms with Crippen molar-refractivity contribution in [1.82, 2.24) is 15.1 Å². The third-order valence-corrected chi connectivity index (χ3v) is 3.41. The molecule has 19 heavy (non-hydrogen) atoms. The molecular weight excluding hydrogens is 234 g/mol. The number of rotatable bonds is 5. The van der Waals surface area contributed by atoms with Crippen LogP contribution in [0.2, 0.25) is 0 Å². The fourth-order valence-corrected chi connectivity index (χ4v) is 2.44. The number of likely N-dealkylation sites (N-methyl/N-ethyl adjacent to an activating group) is 1. The van der Waals surface area contributed by atoms with Crippen LogP contribution in [0, 0.1) is 13.8 Å². The van der Waals surface area contributed by atoms with Crippen LogP contribution >= 0.6 is 0 Å². The van der Waals surface area contributed by atoms with Crippen molar-refractivity contribution in [2.75, 3.05) is 6.54 Å². The highest BCUT2D eigenvalue weighted by Gasteiger charge is 2.15. The number of benzene rings is 1. The van der Waals surface area contributed by atoms with Crippen molar-refractivity contribution in [1.29, 1.82) is 0 Å². The molecule has 0 aliphatic heterocycles. The molecule has 0 fully saturated rings. The van der Waals surface area contributed by atoms with Crippen LogP contribution in [0.25, 0.3) is 0 Å². The summed E-state index contributed by atoms with van der Waals surface area (Å²) in [5.41, 5.74) is 4.99. The SMILES string of the molecule is CCNC(Cc1ccc(C)cc1)c1cc(C)nn1C. The zero-order chi connectivity index (χ0) is 13.8. The minimum absolute atomic E-state index is 0.318. The molecule has 0 aliphatic rings. The van der Waals surface area contributed by atoms with E-state index in [-0.39, 0.29) is 0 Å². The predicted octanol–water partition coefficient (Wildman–Crippen LogP) is 2.93. The molecular formula is C16H23N3. The van der Waals surface area contributed by atoms with Crippen molar-refractivity contribution in [2.24, 2.45) is 7.05 Å². The van der Waals surface area contributed by atoms with E-state index in [0.29, 0.717) is 6.04 Å². The zero-order valence-corrected chi connectivity index (χ0v) is 12.3. The third-order valence-electron chi connectivity index (χ3n) is 3.41. The van der Waals surface area contributed by atoms with E-state index in [1.165, 1.54) is 16.8 Å². The Morgan fingerprint density at radius 3 is 2.42 bits per heavy atom. The summed E-state index contributed by atoms with van der Waals surface area (Å²) in [7, 11) is 2.02. The Bertz CT molecular complexity index is 525. The molecule has 1 N–H and O–H groups in total. The lowest BCUT2D eigenvalue weighted by Gasteiger charge is -2.18. The van der Waals surface area contributed by atoms with Gasteiger partial charge in [-0.25, -0.2) is 0 Å². The number of nitrogens with one attached hydrogen (secondary N) is 1. The van der Waals surface area contributed by atoms with Gasteiger partial charge in [0.2, 0.25) is 0 Å². The lowest BCUT2D eigenvalue weighted by atomic mass is 10.0. The minimum atomic E-state index is 0.318. The predicted molar refractivity (Wildman–Crippen MR) is 79.2 cm³/mol. The van der Waals surface area contributed by atoms with E-state index in [0.717, 1.165) is 18.7 Å². The second-order valence-corrected chi connectivity index (χ2v) is 5.13. The number of hydrogen-bond donors (Lipinski definition) is 1. The average Bonchev–Trinajstić information content (AvgIpc) is 2.71. The summed E-state index contributed by atoms with van der Waals surface area (Å²) in [6.45, 7) is 7.26. The van der Waals surface area contributed by atoms with Crippen LogP contribution in [0.5, 0.6) is 0 Å². The molecule has 0 amide bonds. The van der Waals surface area contributed by atoms with Gasteiger partial charge in [0.05, 0.1) is 17.4 Å². The van der Waals surface area contributed by atoms with Gasteiger partial charge in [-0.2, -0.15) is 5.10 Å². The van der Waals surface area contributed by atoms with E-state index in [9.17, 15) is 0 Å². The lowest BCUT2D eigenvalue weighted by Crippen LogP contribution is -2.25. The molecule has 0 radical (unpaired) electrons. The quantitative estimate of drug-likeness (QED) is 0.892. The molecule has 3 nitrogen and oxygen atoms in total. The van der Waals surface area contributed by atoms with Gasteiger partial charge in [-0.05, 0) is 38.4 Å². The van der Waals surface area contributed by atoms with Crippen molar-refractivity contribution < 1.29 is 0 Å². The molecule has 1 aromatic heterocycles. The van der Waals surface area contributed by atoms with Crippen LogP contribution in [0.4, 0.5) is 0 Å². The molecule has 0 saturated carbocycles. The highest BCUT2D eigenvalue weighted by atomic mass is 15.3. The fourth-order valence-electron chi connectivity index (χ4n) is 2.44. The third kappa shape index (κ3) is 3.44. The van der Waals surface area contributed by atoms with Gasteiger partial charge in [0.25, 0.3) is 0 Å². The van der Waals surface area contributed by atoms with Gasteiger partial charge in [-0.1, -0.05) is 36.8 Å². The molecule has 1 atom stereocenters. The Hall–Kier alpha value is -1.61. The van der Waals surface area contributed by atoms with E-state index >= 15 is 0 Å². The van der Waals surface area contributed by atoms with E-state index in [1.807, 2.05) is 18.7 Å². The smallest absolute Gasteiger partial charge is 0.0597 e. The van der Waals surface area contributed by atoms with E-state index in [4.69, 9.17) is 0 Å². The first-order chi connectivity index (χ1) is 9.10. The lowest BCUT2D eigenvalue weighted by molar-refractivity contribution is 0.507. The second kappa shape index (κ2) is 6.02. The van der Waals surface area contributed by atoms with Crippen molar-refractivity contribution in [3.63, 3.8) is 0 Å². The van der Waals surface area contributed by atoms with Crippen LogP contribution in [0.3, 0.4) is 0 Å². The van der Waals surface area contributed by atoms with Gasteiger partial charge in [-0.15, -0.1) is 0 Å². The average molecular weight is 257 g/mol. The highest BCUT2D eigenvalue weighted by molar-refractivity contribution is 5.24. The number of nitrogens with zero attached hydrogens (tertiary/aromatic N) is 2. The first-order valence-electron chi connectivity index (χ1n) is 6.89. The van der Waals surface area contributed by atoms with Gasteiger partial charge >= 0.3 is 0 Å². The summed E-state index contributed by atoms with van der Waals surface area (Å²) >= 11 is 0. The minimum Gasteiger partial charge on any atom is -0.309 e. The van der Waals surface area contributed by atoms with Gasteiger partial charge in [0, 0.05) is 7.05 Å². The Kier molecular flexibility index (Phi) is 4.38. The molecule has 2 rings (SSSR count). The van der Waals surface area contributed by atoms with Crippen molar-refractivity contribution in [3.05, 3.63) is 52.8 Å². The molecule has 0 spiro atoms. The first kappa shape index (κ1) is 13.8. The van der Waals surface area contributed by atoms with Gasteiger partial charge in [-0.3, -0.25) is 4.68 Å². The molecule has 0 bridgehead atoms. The van der Waals surface area contributed by atoms with Crippen LogP contribution < -0.4 is 5.32 Å². The van der Waals surface area contributed by atoms with Gasteiger partial charge in [0.1, 0.15) is 0 Å². The van der Waals surface area contributed by atoms with Crippen LogP contribution in [0.15, 0.2) is 30.3 Å². The molecule has 1 aromatic carbocycles. The van der Waals surface area contributed by atoms with Crippen molar-refractivity contribution in [3.8, 4) is 0 Å². The Balaban J connectivity index is 2.20. The Labute approximate surface area is 115 Å². The molecule has 102 valence electrons. The molecule has 0 saturated heterocycles. The monoisotopic (exact) mass is 257 g/mol. The maximum absolute atomic E-state index is 4.45. The first-order valence-corrected chi connectivity index (χ1v) is 6.89. The van der Waals surface area contributed by atoms with Crippen LogP contribution in [-0.2, 0) is 13.5 Å². The van der Waals surface area contributed by atoms with Gasteiger partial charge in [0.15, 0.2) is 0 Å². The topological polar surface area (TPSA) is 29.9 Å². The van der Waals surface area contributed by atoms with Gasteiger partial charge < -0.3 is 5.32 Å². The summed E-state index contributed by atoms with van der Waals surface area (Å²) in [6.07, 6.45) is 0.993.